The Morgan fingerprint density at radius 1 is 1.07 bits per heavy atom. The van der Waals surface area contributed by atoms with Gasteiger partial charge in [-0.25, -0.2) is 13.8 Å². The first kappa shape index (κ1) is 31.1. The highest BCUT2D eigenvalue weighted by molar-refractivity contribution is 7.93. The number of carbonyl (C=O) groups is 1. The van der Waals surface area contributed by atoms with Gasteiger partial charge in [0, 0.05) is 39.8 Å². The molecule has 0 radical (unpaired) electrons. The van der Waals surface area contributed by atoms with Crippen molar-refractivity contribution in [1.29, 1.82) is 0 Å². The van der Waals surface area contributed by atoms with Crippen molar-refractivity contribution in [2.75, 3.05) is 25.1 Å². The van der Waals surface area contributed by atoms with E-state index in [0.717, 1.165) is 33.5 Å². The first-order valence-electron chi connectivity index (χ1n) is 12.7. The number of hydrazone groups is 1. The molecule has 0 saturated carbocycles. The van der Waals surface area contributed by atoms with Crippen LogP contribution in [0.1, 0.15) is 17.0 Å². The van der Waals surface area contributed by atoms with E-state index in [4.69, 9.17) is 21.1 Å². The van der Waals surface area contributed by atoms with Gasteiger partial charge in [-0.2, -0.15) is 5.10 Å². The zero-order valence-corrected chi connectivity index (χ0v) is 25.2. The summed E-state index contributed by atoms with van der Waals surface area (Å²) in [7, 11) is -1.91. The van der Waals surface area contributed by atoms with Gasteiger partial charge in [-0.3, -0.25) is 19.2 Å². The molecule has 1 aromatic heterocycles. The number of nitrogens with zero attached hydrogens (tertiary/aromatic N) is 4. The van der Waals surface area contributed by atoms with Crippen molar-refractivity contribution in [3.05, 3.63) is 105 Å². The van der Waals surface area contributed by atoms with Gasteiger partial charge >= 0.3 is 0 Å². The number of nitro groups is 1. The molecule has 0 aliphatic carbocycles. The third kappa shape index (κ3) is 6.63. The Balaban J connectivity index is 1.65. The third-order valence-corrected chi connectivity index (χ3v) is 8.58. The molecule has 1 heterocycles. The molecular weight excluding hydrogens is 598 g/mol. The summed E-state index contributed by atoms with van der Waals surface area (Å²) in [6, 6.07) is 18.4. The van der Waals surface area contributed by atoms with Crippen LogP contribution in [0.25, 0.3) is 5.69 Å². The van der Waals surface area contributed by atoms with Crippen LogP contribution in [0.4, 0.5) is 11.4 Å². The monoisotopic (exact) mass is 625 g/mol. The van der Waals surface area contributed by atoms with Gasteiger partial charge in [0.25, 0.3) is 21.6 Å². The highest BCUT2D eigenvalue weighted by Gasteiger charge is 2.34. The van der Waals surface area contributed by atoms with E-state index in [2.05, 4.69) is 10.5 Å². The second-order valence-corrected chi connectivity index (χ2v) is 11.5. The number of carbonyl (C=O) groups excluding carboxylic acids is 1. The number of methoxy groups -OCH3 is 2. The van der Waals surface area contributed by atoms with E-state index in [1.807, 2.05) is 36.6 Å². The molecule has 4 aromatic rings. The molecule has 0 unspecified atom stereocenters. The SMILES string of the molecule is COc1ccc(N(CC(=O)N/N=C\c2cc(C)n(-c3ccc(Cl)cc3)c2C)S(=O)(=O)c2ccccc2[N+](=O)[O-])c(OC)c1. The number of halogens is 1. The molecule has 0 bridgehead atoms. The number of nitrogens with one attached hydrogen (secondary N) is 1. The lowest BCUT2D eigenvalue weighted by Crippen LogP contribution is -2.40. The highest BCUT2D eigenvalue weighted by Crippen LogP contribution is 2.37. The maximum absolute atomic E-state index is 13.9. The van der Waals surface area contributed by atoms with Crippen LogP contribution in [0.3, 0.4) is 0 Å². The number of anilines is 1. The molecule has 14 heteroatoms. The summed E-state index contributed by atoms with van der Waals surface area (Å²) in [5, 5.41) is 16.3. The van der Waals surface area contributed by atoms with Gasteiger partial charge in [0.05, 0.1) is 31.0 Å². The zero-order valence-electron chi connectivity index (χ0n) is 23.6. The summed E-state index contributed by atoms with van der Waals surface area (Å²) in [5.74, 6) is -0.371. The molecule has 4 rings (SSSR count). The topological polar surface area (TPSA) is 145 Å². The van der Waals surface area contributed by atoms with Gasteiger partial charge in [0.2, 0.25) is 0 Å². The van der Waals surface area contributed by atoms with Crippen LogP contribution in [0.15, 0.2) is 82.8 Å². The Morgan fingerprint density at radius 2 is 1.77 bits per heavy atom. The van der Waals surface area contributed by atoms with Gasteiger partial charge in [-0.1, -0.05) is 23.7 Å². The fourth-order valence-electron chi connectivity index (χ4n) is 4.48. The summed E-state index contributed by atoms with van der Waals surface area (Å²) in [5.41, 5.74) is 5.05. The van der Waals surface area contributed by atoms with Crippen molar-refractivity contribution in [1.82, 2.24) is 9.99 Å². The first-order valence-corrected chi connectivity index (χ1v) is 14.5. The first-order chi connectivity index (χ1) is 20.5. The van der Waals surface area contributed by atoms with Crippen molar-refractivity contribution in [2.24, 2.45) is 5.10 Å². The molecule has 3 aromatic carbocycles. The Morgan fingerprint density at radius 3 is 2.42 bits per heavy atom. The van der Waals surface area contributed by atoms with E-state index in [1.165, 1.54) is 50.8 Å². The van der Waals surface area contributed by atoms with Crippen LogP contribution in [0, 0.1) is 24.0 Å². The van der Waals surface area contributed by atoms with E-state index in [9.17, 15) is 23.3 Å². The molecule has 43 heavy (non-hydrogen) atoms. The Labute approximate surface area is 253 Å². The predicted molar refractivity (Wildman–Crippen MR) is 163 cm³/mol. The fourth-order valence-corrected chi connectivity index (χ4v) is 6.20. The van der Waals surface area contributed by atoms with Gasteiger partial charge in [0.15, 0.2) is 4.90 Å². The maximum Gasteiger partial charge on any atom is 0.289 e. The van der Waals surface area contributed by atoms with E-state index in [1.54, 1.807) is 12.1 Å². The van der Waals surface area contributed by atoms with Crippen molar-refractivity contribution in [2.45, 2.75) is 18.7 Å². The summed E-state index contributed by atoms with van der Waals surface area (Å²) in [6.45, 7) is 3.05. The number of aromatic nitrogens is 1. The Kier molecular flexibility index (Phi) is 9.37. The minimum Gasteiger partial charge on any atom is -0.497 e. The Hall–Kier alpha value is -4.88. The number of para-hydroxylation sites is 1. The summed E-state index contributed by atoms with van der Waals surface area (Å²) in [4.78, 5) is 23.4. The summed E-state index contributed by atoms with van der Waals surface area (Å²) in [6.07, 6.45) is 1.45. The quantitative estimate of drug-likeness (QED) is 0.140. The lowest BCUT2D eigenvalue weighted by atomic mass is 10.2. The summed E-state index contributed by atoms with van der Waals surface area (Å²) >= 11 is 6.02. The molecule has 0 fully saturated rings. The lowest BCUT2D eigenvalue weighted by Gasteiger charge is -2.25. The fraction of sp³-hybridized carbons (Fsp3) is 0.172. The van der Waals surface area contributed by atoms with E-state index in [0.29, 0.717) is 16.3 Å². The number of sulfonamides is 1. The zero-order chi connectivity index (χ0) is 31.3. The lowest BCUT2D eigenvalue weighted by molar-refractivity contribution is -0.387. The Bertz CT molecular complexity index is 1800. The standard InChI is InChI=1S/C29H28ClN5O7S/c1-19-15-21(20(2)34(19)23-11-9-22(30)10-12-23)17-31-32-29(36)18-33(25-14-13-24(41-3)16-27(25)42-4)43(39,40)28-8-6-5-7-26(28)35(37)38/h5-17H,18H2,1-4H3,(H,32,36)/b31-17-. The molecule has 0 aliphatic heterocycles. The normalized spacial score (nSPS) is 11.4. The highest BCUT2D eigenvalue weighted by atomic mass is 35.5. The number of hydrogen-bond acceptors (Lipinski definition) is 8. The molecule has 0 atom stereocenters. The number of hydrogen-bond donors (Lipinski definition) is 1. The molecule has 1 amide bonds. The number of nitro benzene ring substituents is 1. The minimum atomic E-state index is -4.65. The van der Waals surface area contributed by atoms with Crippen molar-refractivity contribution in [3.63, 3.8) is 0 Å². The molecule has 0 aliphatic rings. The molecule has 12 nitrogen and oxygen atoms in total. The molecule has 224 valence electrons. The van der Waals surface area contributed by atoms with Crippen LogP contribution >= 0.6 is 11.6 Å². The van der Waals surface area contributed by atoms with Crippen LogP contribution in [-0.2, 0) is 14.8 Å². The van der Waals surface area contributed by atoms with Gasteiger partial charge < -0.3 is 14.0 Å². The maximum atomic E-state index is 13.9. The van der Waals surface area contributed by atoms with Crippen LogP contribution in [-0.4, -0.2) is 50.8 Å². The average Bonchev–Trinajstić information content (AvgIpc) is 3.28. The summed E-state index contributed by atoms with van der Waals surface area (Å²) < 4.78 is 41.0. The number of ether oxygens (including phenoxy) is 2. The van der Waals surface area contributed by atoms with Gasteiger partial charge in [-0.05, 0) is 62.4 Å². The second-order valence-electron chi connectivity index (χ2n) is 9.21. The van der Waals surface area contributed by atoms with Crippen molar-refractivity contribution < 1.29 is 27.6 Å². The largest absolute Gasteiger partial charge is 0.497 e. The van der Waals surface area contributed by atoms with Crippen LogP contribution in [0.2, 0.25) is 5.02 Å². The third-order valence-electron chi connectivity index (χ3n) is 6.52. The average molecular weight is 626 g/mol. The molecule has 0 saturated heterocycles. The second kappa shape index (κ2) is 13.0. The number of aryl methyl sites for hydroxylation is 1. The van der Waals surface area contributed by atoms with Crippen molar-refractivity contribution >= 4 is 45.1 Å². The molecule has 1 N–H and O–H groups in total. The van der Waals surface area contributed by atoms with E-state index < -0.39 is 38.0 Å². The predicted octanol–water partition coefficient (Wildman–Crippen LogP) is 5.02. The van der Waals surface area contributed by atoms with E-state index >= 15 is 0 Å². The number of benzene rings is 3. The van der Waals surface area contributed by atoms with Crippen LogP contribution in [0.5, 0.6) is 11.5 Å². The van der Waals surface area contributed by atoms with Gasteiger partial charge in [-0.15, -0.1) is 0 Å². The number of amides is 1. The minimum absolute atomic E-state index is 0.0351. The molecular formula is C29H28ClN5O7S. The van der Waals surface area contributed by atoms with Crippen molar-refractivity contribution in [3.8, 4) is 17.2 Å². The smallest absolute Gasteiger partial charge is 0.289 e. The number of rotatable bonds is 11. The van der Waals surface area contributed by atoms with E-state index in [-0.39, 0.29) is 11.4 Å². The molecule has 0 spiro atoms. The van der Waals surface area contributed by atoms with Gasteiger partial charge in [0.1, 0.15) is 18.0 Å². The van der Waals surface area contributed by atoms with Crippen LogP contribution < -0.4 is 19.2 Å².